The number of aliphatic hydroxyl groups is 1. The molecule has 0 saturated heterocycles. The molecule has 1 rings (SSSR count). The molecule has 1 aromatic rings. The van der Waals surface area contributed by atoms with Crippen LogP contribution in [0.15, 0.2) is 24.3 Å². The Kier molecular flexibility index (Phi) is 5.45. The van der Waals surface area contributed by atoms with Crippen LogP contribution in [0.4, 0.5) is 0 Å². The normalized spacial score (nSPS) is 16.3. The first-order chi connectivity index (χ1) is 8.04. The number of rotatable bonds is 6. The van der Waals surface area contributed by atoms with Crippen LogP contribution in [0, 0.1) is 0 Å². The summed E-state index contributed by atoms with van der Waals surface area (Å²) in [6, 6.07) is 8.35. The number of hydrogen-bond acceptors (Lipinski definition) is 3. The second kappa shape index (κ2) is 6.62. The van der Waals surface area contributed by atoms with Gasteiger partial charge in [0.15, 0.2) is 0 Å². The highest BCUT2D eigenvalue weighted by atomic mass is 16.5. The number of benzene rings is 1. The first-order valence-electron chi connectivity index (χ1n) is 6.22. The summed E-state index contributed by atoms with van der Waals surface area (Å²) in [5.41, 5.74) is 1.24. The molecule has 0 saturated carbocycles. The molecule has 0 aliphatic heterocycles. The van der Waals surface area contributed by atoms with Crippen molar-refractivity contribution >= 4 is 0 Å². The van der Waals surface area contributed by atoms with Crippen LogP contribution in [0.3, 0.4) is 0 Å². The summed E-state index contributed by atoms with van der Waals surface area (Å²) >= 11 is 0. The summed E-state index contributed by atoms with van der Waals surface area (Å²) in [4.78, 5) is 0. The minimum Gasteiger partial charge on any atom is -0.488 e. The Morgan fingerprint density at radius 1 is 1.18 bits per heavy atom. The van der Waals surface area contributed by atoms with Crippen molar-refractivity contribution in [3.63, 3.8) is 0 Å². The zero-order chi connectivity index (χ0) is 12.8. The molecule has 0 heterocycles. The maximum atomic E-state index is 9.36. The van der Waals surface area contributed by atoms with Gasteiger partial charge in [0, 0.05) is 6.04 Å². The number of hydrogen-bond donors (Lipinski definition) is 2. The van der Waals surface area contributed by atoms with E-state index in [0.717, 1.165) is 12.3 Å². The predicted octanol–water partition coefficient (Wildman–Crippen LogP) is 2.51. The van der Waals surface area contributed by atoms with E-state index in [0.29, 0.717) is 6.04 Å². The third kappa shape index (κ3) is 4.36. The Labute approximate surface area is 104 Å². The summed E-state index contributed by atoms with van der Waals surface area (Å²) in [7, 11) is 0. The van der Waals surface area contributed by atoms with E-state index in [4.69, 9.17) is 4.74 Å². The van der Waals surface area contributed by atoms with Gasteiger partial charge in [-0.3, -0.25) is 0 Å². The van der Waals surface area contributed by atoms with Crippen molar-refractivity contribution in [3.05, 3.63) is 29.8 Å². The fraction of sp³-hybridized carbons (Fsp3) is 0.571. The lowest BCUT2D eigenvalue weighted by atomic mass is 10.1. The quantitative estimate of drug-likeness (QED) is 0.798. The molecule has 0 aliphatic rings. The summed E-state index contributed by atoms with van der Waals surface area (Å²) < 4.78 is 5.60. The molecule has 3 atom stereocenters. The van der Waals surface area contributed by atoms with Crippen molar-refractivity contribution in [2.75, 3.05) is 6.54 Å². The summed E-state index contributed by atoms with van der Waals surface area (Å²) in [5, 5.41) is 12.7. The first-order valence-corrected chi connectivity index (χ1v) is 6.22. The third-order valence-electron chi connectivity index (χ3n) is 2.89. The highest BCUT2D eigenvalue weighted by molar-refractivity contribution is 5.29. The molecule has 0 aliphatic carbocycles. The molecule has 0 aromatic heterocycles. The Balaban J connectivity index is 2.61. The van der Waals surface area contributed by atoms with Gasteiger partial charge in [-0.05, 0) is 45.0 Å². The minimum absolute atomic E-state index is 0.188. The van der Waals surface area contributed by atoms with Crippen molar-refractivity contribution in [1.29, 1.82) is 0 Å². The molecule has 0 bridgehead atoms. The van der Waals surface area contributed by atoms with Gasteiger partial charge >= 0.3 is 0 Å². The van der Waals surface area contributed by atoms with Gasteiger partial charge < -0.3 is 15.2 Å². The highest BCUT2D eigenvalue weighted by Gasteiger charge is 2.10. The highest BCUT2D eigenvalue weighted by Crippen LogP contribution is 2.18. The molecule has 3 nitrogen and oxygen atoms in total. The van der Waals surface area contributed by atoms with Crippen molar-refractivity contribution < 1.29 is 9.84 Å². The smallest absolute Gasteiger partial charge is 0.121 e. The van der Waals surface area contributed by atoms with E-state index >= 15 is 0 Å². The van der Waals surface area contributed by atoms with Gasteiger partial charge in [0.25, 0.3) is 0 Å². The molecule has 1 aromatic carbocycles. The molecule has 2 N–H and O–H groups in total. The molecule has 0 radical (unpaired) electrons. The lowest BCUT2D eigenvalue weighted by Crippen LogP contribution is -2.25. The van der Waals surface area contributed by atoms with Gasteiger partial charge in [0.2, 0.25) is 0 Å². The number of nitrogens with one attached hydrogen (secondary N) is 1. The maximum Gasteiger partial charge on any atom is 0.121 e. The van der Waals surface area contributed by atoms with Crippen LogP contribution in [-0.4, -0.2) is 23.9 Å². The van der Waals surface area contributed by atoms with Gasteiger partial charge in [-0.25, -0.2) is 0 Å². The molecule has 0 spiro atoms. The van der Waals surface area contributed by atoms with Gasteiger partial charge in [-0.15, -0.1) is 0 Å². The lowest BCUT2D eigenvalue weighted by Gasteiger charge is -2.18. The zero-order valence-electron chi connectivity index (χ0n) is 11.1. The lowest BCUT2D eigenvalue weighted by molar-refractivity contribution is 0.0604. The standard InChI is InChI=1S/C14H23NO2/c1-5-15-10(2)13-6-8-14(9-7-13)17-12(4)11(3)16/h6-12,15-16H,5H2,1-4H3. The molecular formula is C14H23NO2. The van der Waals surface area contributed by atoms with Crippen LogP contribution in [0.25, 0.3) is 0 Å². The number of aliphatic hydroxyl groups excluding tert-OH is 1. The monoisotopic (exact) mass is 237 g/mol. The van der Waals surface area contributed by atoms with E-state index in [2.05, 4.69) is 31.3 Å². The van der Waals surface area contributed by atoms with Crippen molar-refractivity contribution in [3.8, 4) is 5.75 Å². The van der Waals surface area contributed by atoms with E-state index in [1.807, 2.05) is 19.1 Å². The molecule has 96 valence electrons. The van der Waals surface area contributed by atoms with Crippen LogP contribution in [0.1, 0.15) is 39.3 Å². The van der Waals surface area contributed by atoms with Gasteiger partial charge in [0.05, 0.1) is 6.10 Å². The first kappa shape index (κ1) is 14.0. The van der Waals surface area contributed by atoms with Gasteiger partial charge in [0.1, 0.15) is 11.9 Å². The fourth-order valence-electron chi connectivity index (χ4n) is 1.57. The molecule has 0 amide bonds. The van der Waals surface area contributed by atoms with Gasteiger partial charge in [-0.2, -0.15) is 0 Å². The largest absolute Gasteiger partial charge is 0.488 e. The van der Waals surface area contributed by atoms with Crippen molar-refractivity contribution in [2.45, 2.75) is 45.9 Å². The maximum absolute atomic E-state index is 9.36. The number of ether oxygens (including phenoxy) is 1. The second-order valence-corrected chi connectivity index (χ2v) is 4.41. The fourth-order valence-corrected chi connectivity index (χ4v) is 1.57. The van der Waals surface area contributed by atoms with E-state index in [1.54, 1.807) is 6.92 Å². The van der Waals surface area contributed by atoms with Crippen molar-refractivity contribution in [1.82, 2.24) is 5.32 Å². The van der Waals surface area contributed by atoms with Crippen LogP contribution >= 0.6 is 0 Å². The average molecular weight is 237 g/mol. The average Bonchev–Trinajstić information content (AvgIpc) is 2.30. The van der Waals surface area contributed by atoms with Crippen LogP contribution in [-0.2, 0) is 0 Å². The third-order valence-corrected chi connectivity index (χ3v) is 2.89. The van der Waals surface area contributed by atoms with Gasteiger partial charge in [-0.1, -0.05) is 19.1 Å². The Morgan fingerprint density at radius 3 is 2.24 bits per heavy atom. The molecule has 0 fully saturated rings. The molecule has 3 heteroatoms. The second-order valence-electron chi connectivity index (χ2n) is 4.41. The Hall–Kier alpha value is -1.06. The summed E-state index contributed by atoms with van der Waals surface area (Å²) in [5.74, 6) is 0.797. The predicted molar refractivity (Wildman–Crippen MR) is 70.3 cm³/mol. The van der Waals surface area contributed by atoms with Crippen LogP contribution in [0.2, 0.25) is 0 Å². The van der Waals surface area contributed by atoms with E-state index in [-0.39, 0.29) is 6.10 Å². The summed E-state index contributed by atoms with van der Waals surface area (Å²) in [6.07, 6.45) is -0.651. The Morgan fingerprint density at radius 2 is 1.76 bits per heavy atom. The molecule has 17 heavy (non-hydrogen) atoms. The summed E-state index contributed by atoms with van der Waals surface area (Å²) in [6.45, 7) is 8.78. The molecular weight excluding hydrogens is 214 g/mol. The van der Waals surface area contributed by atoms with Crippen LogP contribution in [0.5, 0.6) is 5.75 Å². The Bertz CT molecular complexity index is 321. The van der Waals surface area contributed by atoms with E-state index in [9.17, 15) is 5.11 Å². The van der Waals surface area contributed by atoms with E-state index < -0.39 is 6.10 Å². The topological polar surface area (TPSA) is 41.5 Å². The van der Waals surface area contributed by atoms with E-state index in [1.165, 1.54) is 5.56 Å². The minimum atomic E-state index is -0.463. The van der Waals surface area contributed by atoms with Crippen molar-refractivity contribution in [2.24, 2.45) is 0 Å². The molecule has 3 unspecified atom stereocenters. The zero-order valence-corrected chi connectivity index (χ0v) is 11.1. The van der Waals surface area contributed by atoms with Crippen LogP contribution < -0.4 is 10.1 Å². The SMILES string of the molecule is CCNC(C)c1ccc(OC(C)C(C)O)cc1.